The molecule has 0 radical (unpaired) electrons. The van der Waals surface area contributed by atoms with Crippen LogP contribution in [0.1, 0.15) is 28.9 Å². The highest BCUT2D eigenvalue weighted by molar-refractivity contribution is 5.99. The highest BCUT2D eigenvalue weighted by Crippen LogP contribution is 2.45. The van der Waals surface area contributed by atoms with Crippen molar-refractivity contribution in [1.29, 1.82) is 0 Å². The molecule has 2 aromatic heterocycles. The van der Waals surface area contributed by atoms with E-state index in [-0.39, 0.29) is 42.3 Å². The number of phenols is 1. The summed E-state index contributed by atoms with van der Waals surface area (Å²) in [5, 5.41) is 15.9. The molecule has 1 aromatic carbocycles. The first-order valence-electron chi connectivity index (χ1n) is 9.79. The molecule has 1 saturated carbocycles. The Labute approximate surface area is 177 Å². The van der Waals surface area contributed by atoms with Gasteiger partial charge in [-0.25, -0.2) is 18.7 Å². The van der Waals surface area contributed by atoms with Crippen LogP contribution < -0.4 is 10.6 Å². The second kappa shape index (κ2) is 8.25. The van der Waals surface area contributed by atoms with Gasteiger partial charge in [0.25, 0.3) is 5.91 Å². The molecule has 7 nitrogen and oxygen atoms in total. The smallest absolute Gasteiger partial charge is 0.254 e. The number of hydrogen-bond acceptors (Lipinski definition) is 6. The molecule has 0 bridgehead atoms. The van der Waals surface area contributed by atoms with E-state index in [0.29, 0.717) is 11.1 Å². The van der Waals surface area contributed by atoms with E-state index in [0.717, 1.165) is 0 Å². The van der Waals surface area contributed by atoms with Crippen molar-refractivity contribution in [3.05, 3.63) is 66.0 Å². The fourth-order valence-electron chi connectivity index (χ4n) is 3.89. The van der Waals surface area contributed by atoms with Crippen molar-refractivity contribution in [2.24, 2.45) is 0 Å². The maximum atomic E-state index is 14.3. The van der Waals surface area contributed by atoms with E-state index in [9.17, 15) is 18.7 Å². The zero-order valence-electron chi connectivity index (χ0n) is 16.8. The van der Waals surface area contributed by atoms with E-state index in [1.807, 2.05) is 0 Å². The number of alkyl halides is 1. The summed E-state index contributed by atoms with van der Waals surface area (Å²) in [6.45, 7) is 0.234. The number of nitrogens with one attached hydrogen (secondary N) is 2. The Morgan fingerprint density at radius 3 is 2.58 bits per heavy atom. The molecule has 1 aliphatic carbocycles. The van der Waals surface area contributed by atoms with Gasteiger partial charge in [0.1, 0.15) is 17.7 Å². The normalized spacial score (nSPS) is 20.0. The van der Waals surface area contributed by atoms with Crippen LogP contribution in [0.3, 0.4) is 0 Å². The van der Waals surface area contributed by atoms with Crippen molar-refractivity contribution in [3.8, 4) is 16.9 Å². The SMILES string of the molecule is CNC(=O)c1cccc(-c2cnc(NC[C@]3(c4ncccc4F)C[C@H](F)C3)nc2)c1O. The summed E-state index contributed by atoms with van der Waals surface area (Å²) in [4.78, 5) is 24.5. The van der Waals surface area contributed by atoms with Crippen LogP contribution in [-0.4, -0.2) is 45.7 Å². The molecule has 1 amide bonds. The summed E-state index contributed by atoms with van der Waals surface area (Å²) in [6, 6.07) is 7.65. The second-order valence-corrected chi connectivity index (χ2v) is 7.55. The van der Waals surface area contributed by atoms with Crippen molar-refractivity contribution < 1.29 is 18.7 Å². The number of benzene rings is 1. The summed E-state index contributed by atoms with van der Waals surface area (Å²) >= 11 is 0. The Hall–Kier alpha value is -3.62. The molecule has 3 aromatic rings. The highest BCUT2D eigenvalue weighted by atomic mass is 19.1. The van der Waals surface area contributed by atoms with Crippen LogP contribution in [0.4, 0.5) is 14.7 Å². The Kier molecular flexibility index (Phi) is 5.50. The third-order valence-corrected chi connectivity index (χ3v) is 5.54. The number of para-hydroxylation sites is 1. The molecule has 4 rings (SSSR count). The molecule has 0 aliphatic heterocycles. The molecule has 1 aliphatic rings. The summed E-state index contributed by atoms with van der Waals surface area (Å²) in [5.41, 5.74) is 0.564. The van der Waals surface area contributed by atoms with Gasteiger partial charge in [-0.2, -0.15) is 0 Å². The molecule has 3 N–H and O–H groups in total. The van der Waals surface area contributed by atoms with Crippen LogP contribution in [0, 0.1) is 5.82 Å². The highest BCUT2D eigenvalue weighted by Gasteiger charge is 2.48. The predicted molar refractivity (Wildman–Crippen MR) is 111 cm³/mol. The molecular weight excluding hydrogens is 404 g/mol. The Morgan fingerprint density at radius 2 is 1.94 bits per heavy atom. The number of hydrogen-bond donors (Lipinski definition) is 3. The van der Waals surface area contributed by atoms with E-state index >= 15 is 0 Å². The van der Waals surface area contributed by atoms with Crippen LogP contribution in [-0.2, 0) is 5.41 Å². The van der Waals surface area contributed by atoms with E-state index in [4.69, 9.17) is 0 Å². The summed E-state index contributed by atoms with van der Waals surface area (Å²) < 4.78 is 27.9. The Balaban J connectivity index is 1.52. The van der Waals surface area contributed by atoms with Gasteiger partial charge in [-0.1, -0.05) is 12.1 Å². The average molecular weight is 425 g/mol. The lowest BCUT2D eigenvalue weighted by molar-refractivity contribution is 0.0957. The minimum atomic E-state index is -0.998. The molecule has 160 valence electrons. The zero-order valence-corrected chi connectivity index (χ0v) is 16.8. The number of halogens is 2. The van der Waals surface area contributed by atoms with Crippen molar-refractivity contribution in [1.82, 2.24) is 20.3 Å². The Morgan fingerprint density at radius 1 is 1.19 bits per heavy atom. The molecule has 0 atom stereocenters. The first kappa shape index (κ1) is 20.6. The van der Waals surface area contributed by atoms with E-state index < -0.39 is 23.3 Å². The molecule has 0 unspecified atom stereocenters. The maximum Gasteiger partial charge on any atom is 0.254 e. The first-order chi connectivity index (χ1) is 14.9. The number of pyridine rings is 1. The third kappa shape index (κ3) is 3.90. The lowest BCUT2D eigenvalue weighted by atomic mass is 9.65. The third-order valence-electron chi connectivity index (χ3n) is 5.54. The van der Waals surface area contributed by atoms with Gasteiger partial charge in [-0.05, 0) is 31.0 Å². The largest absolute Gasteiger partial charge is 0.506 e. The lowest BCUT2D eigenvalue weighted by Gasteiger charge is -2.43. The molecule has 31 heavy (non-hydrogen) atoms. The van der Waals surface area contributed by atoms with Crippen molar-refractivity contribution >= 4 is 11.9 Å². The fraction of sp³-hybridized carbons (Fsp3) is 0.273. The average Bonchev–Trinajstić information content (AvgIpc) is 2.76. The summed E-state index contributed by atoms with van der Waals surface area (Å²) in [5.74, 6) is -0.751. The minimum Gasteiger partial charge on any atom is -0.506 e. The number of nitrogens with zero attached hydrogens (tertiary/aromatic N) is 3. The number of carbonyl (C=O) groups excluding carboxylic acids is 1. The number of phenolic OH excluding ortho intramolecular Hbond substituents is 1. The number of aromatic nitrogens is 3. The number of amides is 1. The summed E-state index contributed by atoms with van der Waals surface area (Å²) in [6.07, 6.45) is 3.85. The number of aromatic hydroxyl groups is 1. The zero-order chi connectivity index (χ0) is 22.0. The monoisotopic (exact) mass is 425 g/mol. The molecule has 1 fully saturated rings. The van der Waals surface area contributed by atoms with Gasteiger partial charge in [0.2, 0.25) is 5.95 Å². The quantitative estimate of drug-likeness (QED) is 0.561. The van der Waals surface area contributed by atoms with Crippen LogP contribution in [0.15, 0.2) is 48.9 Å². The first-order valence-corrected chi connectivity index (χ1v) is 9.79. The van der Waals surface area contributed by atoms with Crippen molar-refractivity contribution in [3.63, 3.8) is 0 Å². The van der Waals surface area contributed by atoms with Crippen molar-refractivity contribution in [2.45, 2.75) is 24.4 Å². The fourth-order valence-corrected chi connectivity index (χ4v) is 3.89. The van der Waals surface area contributed by atoms with Gasteiger partial charge in [-0.3, -0.25) is 9.78 Å². The van der Waals surface area contributed by atoms with Gasteiger partial charge < -0.3 is 15.7 Å². The van der Waals surface area contributed by atoms with Crippen LogP contribution in [0.5, 0.6) is 5.75 Å². The summed E-state index contributed by atoms with van der Waals surface area (Å²) in [7, 11) is 1.48. The standard InChI is InChI=1S/C22H21F2N5O2/c1-25-20(31)16-5-2-4-15(18(16)30)13-10-27-21(28-11-13)29-12-22(8-14(23)9-22)19-17(24)6-3-7-26-19/h2-7,10-11,14,30H,8-9,12H2,1H3,(H,25,31)(H,27,28,29)/t14-,22-. The van der Waals surface area contributed by atoms with Crippen molar-refractivity contribution in [2.75, 3.05) is 18.9 Å². The predicted octanol–water partition coefficient (Wildman–Crippen LogP) is 3.22. The molecule has 9 heteroatoms. The van der Waals surface area contributed by atoms with Gasteiger partial charge in [0, 0.05) is 48.7 Å². The number of carbonyl (C=O) groups is 1. The van der Waals surface area contributed by atoms with E-state index in [1.54, 1.807) is 12.1 Å². The number of rotatable bonds is 6. The Bertz CT molecular complexity index is 1100. The molecule has 0 saturated heterocycles. The lowest BCUT2D eigenvalue weighted by Crippen LogP contribution is -2.49. The van der Waals surface area contributed by atoms with Gasteiger partial charge >= 0.3 is 0 Å². The molecule has 0 spiro atoms. The van der Waals surface area contributed by atoms with Gasteiger partial charge in [0.15, 0.2) is 0 Å². The van der Waals surface area contributed by atoms with Crippen LogP contribution >= 0.6 is 0 Å². The second-order valence-electron chi connectivity index (χ2n) is 7.55. The van der Waals surface area contributed by atoms with E-state index in [2.05, 4.69) is 25.6 Å². The molecular formula is C22H21F2N5O2. The maximum absolute atomic E-state index is 14.3. The van der Waals surface area contributed by atoms with Crippen LogP contribution in [0.2, 0.25) is 0 Å². The van der Waals surface area contributed by atoms with Crippen LogP contribution in [0.25, 0.3) is 11.1 Å². The van der Waals surface area contributed by atoms with Gasteiger partial charge in [-0.15, -0.1) is 0 Å². The minimum absolute atomic E-state index is 0.146. The molecule has 2 heterocycles. The van der Waals surface area contributed by atoms with Gasteiger partial charge in [0.05, 0.1) is 11.3 Å². The topological polar surface area (TPSA) is 100 Å². The van der Waals surface area contributed by atoms with E-state index in [1.165, 1.54) is 43.8 Å². The number of anilines is 1.